The van der Waals surface area contributed by atoms with Gasteiger partial charge < -0.3 is 25.2 Å². The minimum absolute atomic E-state index is 0.0127. The minimum Gasteiger partial charge on any atom is -0.480 e. The number of aliphatic hydroxyl groups excluding tert-OH is 1. The molecular weight excluding hydrogens is 448 g/mol. The van der Waals surface area contributed by atoms with Crippen LogP contribution in [0.1, 0.15) is 56.1 Å². The molecule has 1 aliphatic carbocycles. The van der Waals surface area contributed by atoms with Crippen LogP contribution in [0.3, 0.4) is 0 Å². The van der Waals surface area contributed by atoms with Crippen LogP contribution in [0.15, 0.2) is 48.5 Å². The summed E-state index contributed by atoms with van der Waals surface area (Å²) in [6.45, 7) is 2.18. The summed E-state index contributed by atoms with van der Waals surface area (Å²) in [4.78, 5) is 38.3. The Hall–Kier alpha value is -3.39. The molecule has 35 heavy (non-hydrogen) atoms. The molecule has 0 unspecified atom stereocenters. The van der Waals surface area contributed by atoms with E-state index in [2.05, 4.69) is 17.4 Å². The number of fused-ring (bicyclic) bond motifs is 3. The number of hydrogen-bond donors (Lipinski definition) is 3. The second-order valence-corrected chi connectivity index (χ2v) is 9.30. The maximum Gasteiger partial charge on any atom is 0.407 e. The van der Waals surface area contributed by atoms with Crippen LogP contribution < -0.4 is 5.32 Å². The second kappa shape index (κ2) is 10.9. The van der Waals surface area contributed by atoms with Crippen molar-refractivity contribution in [3.8, 4) is 11.1 Å². The first-order chi connectivity index (χ1) is 16.9. The number of aliphatic hydroxyl groups is 1. The Morgan fingerprint density at radius 2 is 1.71 bits per heavy atom. The summed E-state index contributed by atoms with van der Waals surface area (Å²) in [6.07, 6.45) is 0.771. The SMILES string of the molecule is CCCC[C@H](CC(=O)N1C[C@H](O)C[C@H]1C(=O)O)NC(=O)OCC1c2ccccc2-c2ccccc21. The number of aliphatic carboxylic acids is 1. The van der Waals surface area contributed by atoms with E-state index in [4.69, 9.17) is 4.74 Å². The number of carbonyl (C=O) groups is 3. The third-order valence-corrected chi connectivity index (χ3v) is 6.88. The molecule has 4 rings (SSSR count). The van der Waals surface area contributed by atoms with Gasteiger partial charge in [0, 0.05) is 31.3 Å². The minimum atomic E-state index is -1.13. The van der Waals surface area contributed by atoms with Gasteiger partial charge in [0.2, 0.25) is 5.91 Å². The van der Waals surface area contributed by atoms with Crippen molar-refractivity contribution in [3.63, 3.8) is 0 Å². The average molecular weight is 481 g/mol. The fourth-order valence-electron chi connectivity index (χ4n) is 5.13. The number of nitrogens with one attached hydrogen (secondary N) is 1. The normalized spacial score (nSPS) is 19.7. The summed E-state index contributed by atoms with van der Waals surface area (Å²) < 4.78 is 5.62. The number of amides is 2. The molecule has 0 radical (unpaired) electrons. The van der Waals surface area contributed by atoms with Crippen molar-refractivity contribution in [2.45, 2.75) is 63.1 Å². The lowest BCUT2D eigenvalue weighted by Crippen LogP contribution is -2.45. The molecule has 1 heterocycles. The lowest BCUT2D eigenvalue weighted by atomic mass is 9.98. The smallest absolute Gasteiger partial charge is 0.407 e. The molecule has 0 spiro atoms. The van der Waals surface area contributed by atoms with Crippen LogP contribution in [0, 0.1) is 0 Å². The van der Waals surface area contributed by atoms with E-state index in [0.29, 0.717) is 6.42 Å². The fourth-order valence-corrected chi connectivity index (χ4v) is 5.13. The quantitative estimate of drug-likeness (QED) is 0.506. The summed E-state index contributed by atoms with van der Waals surface area (Å²) in [5.41, 5.74) is 4.52. The topological polar surface area (TPSA) is 116 Å². The standard InChI is InChI=1S/C27H32N2O6/c1-2-3-8-17(13-25(31)29-15-18(30)14-24(29)26(32)33)28-27(34)35-16-23-21-11-6-4-9-19(21)20-10-5-7-12-22(20)23/h4-7,9-12,17-18,23-24,30H,2-3,8,13-16H2,1H3,(H,28,34)(H,32,33)/t17-,18-,24+/m1/s1. The summed E-state index contributed by atoms with van der Waals surface area (Å²) in [5.74, 6) is -1.59. The number of nitrogens with zero attached hydrogens (tertiary/aromatic N) is 1. The molecule has 8 nitrogen and oxygen atoms in total. The monoisotopic (exact) mass is 480 g/mol. The summed E-state index contributed by atoms with van der Waals surface area (Å²) >= 11 is 0. The fraction of sp³-hybridized carbons (Fsp3) is 0.444. The molecule has 3 N–H and O–H groups in total. The molecule has 1 aliphatic heterocycles. The van der Waals surface area contributed by atoms with Crippen molar-refractivity contribution >= 4 is 18.0 Å². The van der Waals surface area contributed by atoms with Crippen molar-refractivity contribution in [2.24, 2.45) is 0 Å². The molecule has 1 saturated heterocycles. The van der Waals surface area contributed by atoms with Crippen molar-refractivity contribution in [3.05, 3.63) is 59.7 Å². The van der Waals surface area contributed by atoms with Crippen molar-refractivity contribution in [1.82, 2.24) is 10.2 Å². The largest absolute Gasteiger partial charge is 0.480 e. The molecule has 2 aromatic carbocycles. The van der Waals surface area contributed by atoms with Crippen molar-refractivity contribution in [1.29, 1.82) is 0 Å². The van der Waals surface area contributed by atoms with Gasteiger partial charge in [-0.1, -0.05) is 68.3 Å². The number of alkyl carbamates (subject to hydrolysis) is 1. The highest BCUT2D eigenvalue weighted by Gasteiger charge is 2.39. The van der Waals surface area contributed by atoms with Gasteiger partial charge in [0.1, 0.15) is 12.6 Å². The molecule has 0 saturated carbocycles. The number of hydrogen-bond acceptors (Lipinski definition) is 5. The van der Waals surface area contributed by atoms with Gasteiger partial charge in [0.25, 0.3) is 0 Å². The molecule has 2 amide bonds. The zero-order chi connectivity index (χ0) is 24.9. The van der Waals surface area contributed by atoms with E-state index in [0.717, 1.165) is 35.1 Å². The Labute approximate surface area is 204 Å². The van der Waals surface area contributed by atoms with E-state index < -0.39 is 36.2 Å². The Morgan fingerprint density at radius 3 is 2.31 bits per heavy atom. The summed E-state index contributed by atoms with van der Waals surface area (Å²) in [7, 11) is 0. The molecule has 2 aromatic rings. The third kappa shape index (κ3) is 5.48. The van der Waals surface area contributed by atoms with E-state index in [1.54, 1.807) is 0 Å². The summed E-state index contributed by atoms with van der Waals surface area (Å²) in [5, 5.41) is 22.1. The van der Waals surface area contributed by atoms with Gasteiger partial charge in [-0.05, 0) is 28.7 Å². The predicted octanol–water partition coefficient (Wildman–Crippen LogP) is 3.52. The van der Waals surface area contributed by atoms with Gasteiger partial charge in [-0.15, -0.1) is 0 Å². The number of unbranched alkanes of at least 4 members (excludes halogenated alkanes) is 1. The van der Waals surface area contributed by atoms with Crippen LogP contribution in [-0.4, -0.2) is 64.4 Å². The van der Waals surface area contributed by atoms with E-state index >= 15 is 0 Å². The zero-order valence-corrected chi connectivity index (χ0v) is 19.9. The van der Waals surface area contributed by atoms with Gasteiger partial charge in [-0.2, -0.15) is 0 Å². The summed E-state index contributed by atoms with van der Waals surface area (Å²) in [6, 6.07) is 14.7. The Balaban J connectivity index is 1.39. The number of β-amino-alcohol motifs (C(OH)–C–C–N with tert-alkyl or cyclic N) is 1. The van der Waals surface area contributed by atoms with Gasteiger partial charge in [-0.3, -0.25) is 4.79 Å². The number of rotatable bonds is 9. The van der Waals surface area contributed by atoms with Crippen LogP contribution in [0.4, 0.5) is 4.79 Å². The van der Waals surface area contributed by atoms with Gasteiger partial charge in [0.15, 0.2) is 0 Å². The number of carbonyl (C=O) groups excluding carboxylic acids is 2. The number of carboxylic acids is 1. The van der Waals surface area contributed by atoms with Crippen LogP contribution in [0.25, 0.3) is 11.1 Å². The first kappa shape index (κ1) is 24.7. The molecule has 2 aliphatic rings. The maximum atomic E-state index is 12.9. The lowest BCUT2D eigenvalue weighted by Gasteiger charge is -2.25. The van der Waals surface area contributed by atoms with Crippen LogP contribution in [-0.2, 0) is 14.3 Å². The van der Waals surface area contributed by atoms with Crippen LogP contribution >= 0.6 is 0 Å². The highest BCUT2D eigenvalue weighted by Crippen LogP contribution is 2.44. The van der Waals surface area contributed by atoms with Gasteiger partial charge in [-0.25, -0.2) is 9.59 Å². The number of ether oxygens (including phenoxy) is 1. The second-order valence-electron chi connectivity index (χ2n) is 9.30. The molecule has 3 atom stereocenters. The van der Waals surface area contributed by atoms with E-state index in [9.17, 15) is 24.6 Å². The van der Waals surface area contributed by atoms with E-state index in [1.165, 1.54) is 4.90 Å². The zero-order valence-electron chi connectivity index (χ0n) is 19.9. The molecule has 8 heteroatoms. The predicted molar refractivity (Wildman–Crippen MR) is 130 cm³/mol. The molecule has 0 aromatic heterocycles. The third-order valence-electron chi connectivity index (χ3n) is 6.88. The van der Waals surface area contributed by atoms with E-state index in [-0.39, 0.29) is 31.9 Å². The first-order valence-electron chi connectivity index (χ1n) is 12.2. The highest BCUT2D eigenvalue weighted by molar-refractivity contribution is 5.85. The Morgan fingerprint density at radius 1 is 1.09 bits per heavy atom. The molecular formula is C27H32N2O6. The van der Waals surface area contributed by atoms with Crippen LogP contribution in [0.5, 0.6) is 0 Å². The lowest BCUT2D eigenvalue weighted by molar-refractivity contribution is -0.148. The Kier molecular flexibility index (Phi) is 7.70. The van der Waals surface area contributed by atoms with Crippen molar-refractivity contribution < 1.29 is 29.3 Å². The van der Waals surface area contributed by atoms with Crippen LogP contribution in [0.2, 0.25) is 0 Å². The maximum absolute atomic E-state index is 12.9. The number of carboxylic acid groups (broad SMARTS) is 1. The first-order valence-corrected chi connectivity index (χ1v) is 12.2. The van der Waals surface area contributed by atoms with Gasteiger partial charge in [0.05, 0.1) is 6.10 Å². The van der Waals surface area contributed by atoms with Crippen molar-refractivity contribution in [2.75, 3.05) is 13.2 Å². The molecule has 1 fully saturated rings. The van der Waals surface area contributed by atoms with E-state index in [1.807, 2.05) is 43.3 Å². The average Bonchev–Trinajstić information content (AvgIpc) is 3.39. The highest BCUT2D eigenvalue weighted by atomic mass is 16.5. The number of likely N-dealkylation sites (tertiary alicyclic amines) is 1. The molecule has 186 valence electrons. The molecule has 0 bridgehead atoms. The van der Waals surface area contributed by atoms with Gasteiger partial charge >= 0.3 is 12.1 Å². The number of benzene rings is 2. The Bertz CT molecular complexity index is 1040.